The predicted octanol–water partition coefficient (Wildman–Crippen LogP) is 5.40. The molecule has 0 saturated carbocycles. The summed E-state index contributed by atoms with van der Waals surface area (Å²) < 4.78 is 7.32. The van der Waals surface area contributed by atoms with Crippen molar-refractivity contribution in [3.05, 3.63) is 63.0 Å². The van der Waals surface area contributed by atoms with Crippen molar-refractivity contribution in [2.24, 2.45) is 0 Å². The maximum absolute atomic E-state index is 9.56. The Hall–Kier alpha value is -2.36. The summed E-state index contributed by atoms with van der Waals surface area (Å²) in [5.74, 6) is 0.854. The van der Waals surface area contributed by atoms with Crippen LogP contribution >= 0.6 is 31.9 Å². The second kappa shape index (κ2) is 7.26. The van der Waals surface area contributed by atoms with E-state index in [0.717, 1.165) is 20.1 Å². The number of nitriles is 1. The van der Waals surface area contributed by atoms with Gasteiger partial charge in [-0.1, -0.05) is 44.0 Å². The van der Waals surface area contributed by atoms with Gasteiger partial charge in [0, 0.05) is 25.6 Å². The van der Waals surface area contributed by atoms with Crippen LogP contribution in [0.1, 0.15) is 5.56 Å². The minimum Gasteiger partial charge on any atom is -0.496 e. The van der Waals surface area contributed by atoms with E-state index in [1.165, 1.54) is 0 Å². The smallest absolute Gasteiger partial charge is 0.142 e. The quantitative estimate of drug-likeness (QED) is 0.570. The lowest BCUT2D eigenvalue weighted by Gasteiger charge is -2.13. The lowest BCUT2D eigenvalue weighted by atomic mass is 9.97. The number of hydrogen-bond donors (Lipinski definition) is 1. The van der Waals surface area contributed by atoms with Crippen molar-refractivity contribution in [2.45, 2.75) is 0 Å². The summed E-state index contributed by atoms with van der Waals surface area (Å²) in [6, 6.07) is 17.4. The standard InChI is InChI=1S/C19H13Br2N3O/c1-25-18-7-6-13(21)8-15(18)14-9-17(24-19(23)16(14)10-22)11-2-4-12(20)5-3-11/h2-9H,1H3,(H2,23,24). The minimum atomic E-state index is 0.194. The van der Waals surface area contributed by atoms with Crippen LogP contribution in [0.15, 0.2) is 57.5 Å². The molecule has 0 aliphatic rings. The first-order valence-electron chi connectivity index (χ1n) is 7.34. The number of rotatable bonds is 3. The summed E-state index contributed by atoms with van der Waals surface area (Å²) in [4.78, 5) is 4.40. The largest absolute Gasteiger partial charge is 0.496 e. The number of nitrogens with two attached hydrogens (primary N) is 1. The topological polar surface area (TPSA) is 71.9 Å². The van der Waals surface area contributed by atoms with Gasteiger partial charge in [0.15, 0.2) is 0 Å². The van der Waals surface area contributed by atoms with Gasteiger partial charge in [0.1, 0.15) is 23.2 Å². The number of anilines is 1. The van der Waals surface area contributed by atoms with Gasteiger partial charge in [0.25, 0.3) is 0 Å². The van der Waals surface area contributed by atoms with E-state index >= 15 is 0 Å². The second-order valence-corrected chi connectivity index (χ2v) is 7.11. The fraction of sp³-hybridized carbons (Fsp3) is 0.0526. The zero-order valence-electron chi connectivity index (χ0n) is 13.3. The van der Waals surface area contributed by atoms with Gasteiger partial charge in [-0.2, -0.15) is 5.26 Å². The van der Waals surface area contributed by atoms with Gasteiger partial charge >= 0.3 is 0 Å². The Morgan fingerprint density at radius 1 is 1.00 bits per heavy atom. The predicted molar refractivity (Wildman–Crippen MR) is 106 cm³/mol. The molecule has 0 amide bonds. The zero-order chi connectivity index (χ0) is 18.0. The number of aromatic nitrogens is 1. The molecule has 3 aromatic rings. The Morgan fingerprint density at radius 3 is 2.32 bits per heavy atom. The zero-order valence-corrected chi connectivity index (χ0v) is 16.4. The third-order valence-electron chi connectivity index (χ3n) is 3.75. The van der Waals surface area contributed by atoms with Crippen LogP contribution in [0.5, 0.6) is 5.75 Å². The SMILES string of the molecule is COc1ccc(Br)cc1-c1cc(-c2ccc(Br)cc2)nc(N)c1C#N. The van der Waals surface area contributed by atoms with Crippen molar-refractivity contribution in [3.8, 4) is 34.2 Å². The first-order chi connectivity index (χ1) is 12.0. The maximum Gasteiger partial charge on any atom is 0.142 e. The van der Waals surface area contributed by atoms with E-state index in [9.17, 15) is 5.26 Å². The molecule has 2 aromatic carbocycles. The molecular weight excluding hydrogens is 446 g/mol. The molecule has 0 unspecified atom stereocenters. The van der Waals surface area contributed by atoms with Crippen molar-refractivity contribution in [2.75, 3.05) is 12.8 Å². The monoisotopic (exact) mass is 457 g/mol. The Labute approximate surface area is 162 Å². The third-order valence-corrected chi connectivity index (χ3v) is 4.77. The molecule has 0 fully saturated rings. The Bertz CT molecular complexity index is 979. The molecule has 0 aliphatic carbocycles. The average molecular weight is 459 g/mol. The molecule has 124 valence electrons. The summed E-state index contributed by atoms with van der Waals surface area (Å²) in [7, 11) is 1.60. The highest BCUT2D eigenvalue weighted by Gasteiger charge is 2.17. The highest BCUT2D eigenvalue weighted by molar-refractivity contribution is 9.10. The van der Waals surface area contributed by atoms with E-state index in [1.807, 2.05) is 48.5 Å². The molecule has 6 heteroatoms. The molecule has 1 heterocycles. The van der Waals surface area contributed by atoms with Crippen molar-refractivity contribution >= 4 is 37.7 Å². The van der Waals surface area contributed by atoms with Gasteiger partial charge in [-0.25, -0.2) is 4.98 Å². The van der Waals surface area contributed by atoms with Gasteiger partial charge < -0.3 is 10.5 Å². The number of halogens is 2. The van der Waals surface area contributed by atoms with Crippen LogP contribution < -0.4 is 10.5 Å². The molecule has 0 aliphatic heterocycles. The lowest BCUT2D eigenvalue weighted by Crippen LogP contribution is -2.00. The van der Waals surface area contributed by atoms with Crippen LogP contribution in [-0.4, -0.2) is 12.1 Å². The van der Waals surface area contributed by atoms with Gasteiger partial charge in [-0.15, -0.1) is 0 Å². The molecule has 0 atom stereocenters. The maximum atomic E-state index is 9.56. The Balaban J connectivity index is 2.27. The highest BCUT2D eigenvalue weighted by Crippen LogP contribution is 2.38. The van der Waals surface area contributed by atoms with Crippen LogP contribution in [0.2, 0.25) is 0 Å². The van der Waals surface area contributed by atoms with Crippen LogP contribution in [0.25, 0.3) is 22.4 Å². The number of benzene rings is 2. The van der Waals surface area contributed by atoms with Gasteiger partial charge in [-0.3, -0.25) is 0 Å². The molecule has 0 radical (unpaired) electrons. The molecule has 3 rings (SSSR count). The molecule has 0 bridgehead atoms. The summed E-state index contributed by atoms with van der Waals surface area (Å²) in [6.45, 7) is 0. The number of nitrogen functional groups attached to an aromatic ring is 1. The summed E-state index contributed by atoms with van der Waals surface area (Å²) in [5, 5.41) is 9.56. The van der Waals surface area contributed by atoms with E-state index in [1.54, 1.807) is 7.11 Å². The molecule has 0 saturated heterocycles. The van der Waals surface area contributed by atoms with E-state index < -0.39 is 0 Å². The van der Waals surface area contributed by atoms with E-state index in [4.69, 9.17) is 10.5 Å². The Kier molecular flexibility index (Phi) is 5.07. The lowest BCUT2D eigenvalue weighted by molar-refractivity contribution is 0.416. The number of pyridine rings is 1. The van der Waals surface area contributed by atoms with E-state index in [2.05, 4.69) is 42.9 Å². The average Bonchev–Trinajstić information content (AvgIpc) is 2.61. The van der Waals surface area contributed by atoms with Crippen molar-refractivity contribution in [3.63, 3.8) is 0 Å². The van der Waals surface area contributed by atoms with Crippen molar-refractivity contribution in [1.82, 2.24) is 4.98 Å². The summed E-state index contributed by atoms with van der Waals surface area (Å²) in [5.41, 5.74) is 9.47. The van der Waals surface area contributed by atoms with E-state index in [0.29, 0.717) is 22.6 Å². The van der Waals surface area contributed by atoms with Gasteiger partial charge in [0.2, 0.25) is 0 Å². The van der Waals surface area contributed by atoms with Crippen LogP contribution in [-0.2, 0) is 0 Å². The van der Waals surface area contributed by atoms with Gasteiger partial charge in [-0.05, 0) is 36.4 Å². The minimum absolute atomic E-state index is 0.194. The first kappa shape index (κ1) is 17.5. The molecule has 1 aromatic heterocycles. The van der Waals surface area contributed by atoms with Crippen LogP contribution in [0, 0.1) is 11.3 Å². The fourth-order valence-electron chi connectivity index (χ4n) is 2.55. The van der Waals surface area contributed by atoms with Crippen molar-refractivity contribution in [1.29, 1.82) is 5.26 Å². The number of ether oxygens (including phenoxy) is 1. The fourth-order valence-corrected chi connectivity index (χ4v) is 3.18. The second-order valence-electron chi connectivity index (χ2n) is 5.28. The van der Waals surface area contributed by atoms with E-state index in [-0.39, 0.29) is 5.82 Å². The number of nitrogens with zero attached hydrogens (tertiary/aromatic N) is 2. The first-order valence-corrected chi connectivity index (χ1v) is 8.92. The van der Waals surface area contributed by atoms with Crippen molar-refractivity contribution < 1.29 is 4.74 Å². The number of methoxy groups -OCH3 is 1. The highest BCUT2D eigenvalue weighted by atomic mass is 79.9. The van der Waals surface area contributed by atoms with Crippen LogP contribution in [0.3, 0.4) is 0 Å². The molecule has 25 heavy (non-hydrogen) atoms. The molecule has 0 spiro atoms. The van der Waals surface area contributed by atoms with Crippen LogP contribution in [0.4, 0.5) is 5.82 Å². The molecular formula is C19H13Br2N3O. The molecule has 2 N–H and O–H groups in total. The Morgan fingerprint density at radius 2 is 1.68 bits per heavy atom. The third kappa shape index (κ3) is 3.53. The van der Waals surface area contributed by atoms with Gasteiger partial charge in [0.05, 0.1) is 12.8 Å². The summed E-state index contributed by atoms with van der Waals surface area (Å²) in [6.07, 6.45) is 0. The molecule has 4 nitrogen and oxygen atoms in total. The summed E-state index contributed by atoms with van der Waals surface area (Å²) >= 11 is 6.89. The number of hydrogen-bond acceptors (Lipinski definition) is 4. The normalized spacial score (nSPS) is 10.3.